The number of Topliss-reactive ketones (excluding diaryl/α,β-unsaturated/α-hetero) is 2. The Morgan fingerprint density at radius 2 is 0.939 bits per heavy atom. The van der Waals surface area contributed by atoms with Crippen LogP contribution < -0.4 is 9.05 Å². The van der Waals surface area contributed by atoms with E-state index in [4.69, 9.17) is 9.05 Å². The van der Waals surface area contributed by atoms with E-state index in [1.54, 1.807) is 113 Å². The van der Waals surface area contributed by atoms with Gasteiger partial charge in [-0.25, -0.2) is 4.57 Å². The topological polar surface area (TPSA) is 131 Å². The molecule has 49 heavy (non-hydrogen) atoms. The number of likely N-dealkylation sites (N-methyl/N-ethyl adjacent to an activating group) is 2. The average molecular weight is 685 g/mol. The average Bonchev–Trinajstić information content (AvgIpc) is 3.06. The highest BCUT2D eigenvalue weighted by Gasteiger charge is 2.25. The van der Waals surface area contributed by atoms with Crippen LogP contribution in [0.3, 0.4) is 0 Å². The first-order valence-corrected chi connectivity index (χ1v) is 17.3. The summed E-state index contributed by atoms with van der Waals surface area (Å²) in [4.78, 5) is 63.0. The highest BCUT2D eigenvalue weighted by Crippen LogP contribution is 2.44. The number of nitrogens with zero attached hydrogens (tertiary/aromatic N) is 2. The molecule has 0 bridgehead atoms. The van der Waals surface area contributed by atoms with E-state index in [0.29, 0.717) is 24.0 Å². The molecule has 4 rings (SSSR count). The number of hydrogen-bond donors (Lipinski definition) is 1. The van der Waals surface area contributed by atoms with Gasteiger partial charge in [0.1, 0.15) is 11.5 Å². The molecule has 10 nitrogen and oxygen atoms in total. The van der Waals surface area contributed by atoms with E-state index < -0.39 is 7.82 Å². The Bertz CT molecular complexity index is 1700. The van der Waals surface area contributed by atoms with Crippen LogP contribution in [0.5, 0.6) is 11.5 Å². The summed E-state index contributed by atoms with van der Waals surface area (Å²) in [5.74, 6) is 0.0504. The fourth-order valence-corrected chi connectivity index (χ4v) is 5.68. The minimum absolute atomic E-state index is 0.0214. The van der Waals surface area contributed by atoms with Gasteiger partial charge in [0.05, 0.1) is 12.8 Å². The lowest BCUT2D eigenvalue weighted by Gasteiger charge is -2.15. The molecule has 0 radical (unpaired) electrons. The third-order valence-corrected chi connectivity index (χ3v) is 8.66. The van der Waals surface area contributed by atoms with E-state index in [9.17, 15) is 28.6 Å². The molecule has 11 heteroatoms. The number of ketones is 2. The molecule has 0 heterocycles. The SMILES string of the molecule is CN(C)C(=O)Cc1ccc(C(=O)CCc2cccc(OP(=O)(O)Oc3cccc(CCC(=O)c4ccc(CC(=O)N(C)C)cc4)c3)c2)cc1. The second-order valence-corrected chi connectivity index (χ2v) is 13.4. The van der Waals surface area contributed by atoms with Crippen LogP contribution in [0.4, 0.5) is 0 Å². The first-order chi connectivity index (χ1) is 23.3. The molecule has 0 saturated heterocycles. The number of phosphoric ester groups is 1. The molecule has 1 N–H and O–H groups in total. The van der Waals surface area contributed by atoms with Crippen molar-refractivity contribution in [3.63, 3.8) is 0 Å². The van der Waals surface area contributed by atoms with Crippen LogP contribution in [0.15, 0.2) is 97.1 Å². The van der Waals surface area contributed by atoms with Crippen molar-refractivity contribution in [1.29, 1.82) is 0 Å². The van der Waals surface area contributed by atoms with E-state index >= 15 is 0 Å². The van der Waals surface area contributed by atoms with Gasteiger partial charge in [-0.15, -0.1) is 0 Å². The van der Waals surface area contributed by atoms with Crippen LogP contribution in [0, 0.1) is 0 Å². The van der Waals surface area contributed by atoms with Gasteiger partial charge in [-0.05, 0) is 59.4 Å². The first kappa shape index (κ1) is 36.8. The molecule has 0 unspecified atom stereocenters. The first-order valence-electron chi connectivity index (χ1n) is 15.8. The Balaban J connectivity index is 1.28. The highest BCUT2D eigenvalue weighted by atomic mass is 31.2. The molecule has 4 aromatic carbocycles. The van der Waals surface area contributed by atoms with Crippen molar-refractivity contribution in [3.05, 3.63) is 130 Å². The van der Waals surface area contributed by atoms with E-state index in [-0.39, 0.29) is 60.6 Å². The lowest BCUT2D eigenvalue weighted by Crippen LogP contribution is -2.23. The summed E-state index contributed by atoms with van der Waals surface area (Å²) in [6.45, 7) is 0. The number of hydrogen-bond acceptors (Lipinski definition) is 7. The predicted octanol–water partition coefficient (Wildman–Crippen LogP) is 6.14. The smallest absolute Gasteiger partial charge is 0.395 e. The maximum Gasteiger partial charge on any atom is 0.584 e. The van der Waals surface area contributed by atoms with Crippen molar-refractivity contribution in [1.82, 2.24) is 9.80 Å². The van der Waals surface area contributed by atoms with Crippen molar-refractivity contribution in [3.8, 4) is 11.5 Å². The summed E-state index contributed by atoms with van der Waals surface area (Å²) in [5.41, 5.74) is 4.21. The number of rotatable bonds is 16. The van der Waals surface area contributed by atoms with E-state index in [1.165, 1.54) is 21.9 Å². The van der Waals surface area contributed by atoms with Crippen LogP contribution in [-0.2, 0) is 39.8 Å². The standard InChI is InChI=1S/C38H41N2O8P/c1-39(2)37(43)25-29-11-17-31(18-12-29)35(41)21-15-27-7-5-9-33(23-27)47-49(45,46)48-34-10-6-8-28(24-34)16-22-36(42)32-19-13-30(14-20-32)26-38(44)40(3)4/h5-14,17-20,23-24H,15-16,21-22,25-26H2,1-4H3,(H,45,46). The molecular formula is C38H41N2O8P. The fraction of sp³-hybridized carbons (Fsp3) is 0.263. The molecule has 0 spiro atoms. The number of phosphoric acid groups is 1. The molecular weight excluding hydrogens is 643 g/mol. The predicted molar refractivity (Wildman–Crippen MR) is 187 cm³/mol. The molecule has 2 amide bonds. The number of amides is 2. The number of carbonyl (C=O) groups is 4. The molecule has 0 aliphatic heterocycles. The van der Waals surface area contributed by atoms with Gasteiger partial charge < -0.3 is 18.8 Å². The third-order valence-electron chi connectivity index (χ3n) is 7.78. The maximum absolute atomic E-state index is 12.9. The monoisotopic (exact) mass is 684 g/mol. The van der Waals surface area contributed by atoms with Crippen molar-refractivity contribution in [2.24, 2.45) is 0 Å². The van der Waals surface area contributed by atoms with Crippen molar-refractivity contribution >= 4 is 31.2 Å². The van der Waals surface area contributed by atoms with E-state index in [2.05, 4.69) is 0 Å². The molecule has 0 fully saturated rings. The number of benzene rings is 4. The second-order valence-electron chi connectivity index (χ2n) is 12.1. The molecule has 4 aromatic rings. The Morgan fingerprint density at radius 1 is 0.571 bits per heavy atom. The van der Waals surface area contributed by atoms with Crippen molar-refractivity contribution in [2.75, 3.05) is 28.2 Å². The Hall–Kier alpha value is -5.05. The van der Waals surface area contributed by atoms with E-state index in [1.807, 2.05) is 0 Å². The highest BCUT2D eigenvalue weighted by molar-refractivity contribution is 7.48. The minimum Gasteiger partial charge on any atom is -0.395 e. The second kappa shape index (κ2) is 16.9. The Labute approximate surface area is 286 Å². The molecule has 0 saturated carbocycles. The molecule has 0 aliphatic rings. The third kappa shape index (κ3) is 11.6. The summed E-state index contributed by atoms with van der Waals surface area (Å²) >= 11 is 0. The largest absolute Gasteiger partial charge is 0.584 e. The van der Waals surface area contributed by atoms with Crippen LogP contribution in [0.25, 0.3) is 0 Å². The summed E-state index contributed by atoms with van der Waals surface area (Å²) in [5, 5.41) is 0. The molecule has 0 aromatic heterocycles. The van der Waals surface area contributed by atoms with Crippen molar-refractivity contribution < 1.29 is 37.7 Å². The van der Waals surface area contributed by atoms with Crippen LogP contribution in [0.2, 0.25) is 0 Å². The zero-order valence-corrected chi connectivity index (χ0v) is 29.0. The van der Waals surface area contributed by atoms with Crippen LogP contribution in [0.1, 0.15) is 55.8 Å². The maximum atomic E-state index is 12.9. The minimum atomic E-state index is -4.58. The molecule has 256 valence electrons. The number of aryl methyl sites for hydroxylation is 2. The Morgan fingerprint density at radius 3 is 1.29 bits per heavy atom. The fourth-order valence-electron chi connectivity index (χ4n) is 4.89. The zero-order valence-electron chi connectivity index (χ0n) is 28.1. The quantitative estimate of drug-likeness (QED) is 0.110. The lowest BCUT2D eigenvalue weighted by molar-refractivity contribution is -0.128. The van der Waals surface area contributed by atoms with Gasteiger partial charge in [0.25, 0.3) is 0 Å². The Kier molecular flexibility index (Phi) is 12.7. The number of carbonyl (C=O) groups excluding carboxylic acids is 4. The van der Waals surface area contributed by atoms with Gasteiger partial charge >= 0.3 is 7.82 Å². The van der Waals surface area contributed by atoms with Gasteiger partial charge in [-0.2, -0.15) is 0 Å². The van der Waals surface area contributed by atoms with Crippen LogP contribution in [-0.4, -0.2) is 66.3 Å². The van der Waals surface area contributed by atoms with Crippen molar-refractivity contribution in [2.45, 2.75) is 38.5 Å². The van der Waals surface area contributed by atoms with Gasteiger partial charge in [0, 0.05) is 52.2 Å². The van der Waals surface area contributed by atoms with E-state index in [0.717, 1.165) is 22.3 Å². The molecule has 0 aliphatic carbocycles. The van der Waals surface area contributed by atoms with Gasteiger partial charge in [-0.3, -0.25) is 24.1 Å². The molecule has 0 atom stereocenters. The zero-order chi connectivity index (χ0) is 35.6. The van der Waals surface area contributed by atoms with Gasteiger partial charge in [0.2, 0.25) is 11.8 Å². The van der Waals surface area contributed by atoms with Gasteiger partial charge in [0.15, 0.2) is 11.6 Å². The van der Waals surface area contributed by atoms with Crippen LogP contribution >= 0.6 is 7.82 Å². The summed E-state index contributed by atoms with van der Waals surface area (Å²) in [7, 11) is 2.20. The summed E-state index contributed by atoms with van der Waals surface area (Å²) in [6.07, 6.45) is 1.72. The summed E-state index contributed by atoms with van der Waals surface area (Å²) < 4.78 is 23.6. The lowest BCUT2D eigenvalue weighted by atomic mass is 10.0. The van der Waals surface area contributed by atoms with Gasteiger partial charge in [-0.1, -0.05) is 72.8 Å². The summed E-state index contributed by atoms with van der Waals surface area (Å²) in [6, 6.07) is 27.1. The normalized spacial score (nSPS) is 11.0.